The van der Waals surface area contributed by atoms with E-state index >= 15 is 0 Å². The molecule has 1 aliphatic rings. The predicted molar refractivity (Wildman–Crippen MR) is 130 cm³/mol. The van der Waals surface area contributed by atoms with E-state index in [2.05, 4.69) is 15.6 Å². The van der Waals surface area contributed by atoms with Gasteiger partial charge in [0.2, 0.25) is 11.8 Å². The Bertz CT molecular complexity index is 1330. The maximum Gasteiger partial charge on any atom is 0.251 e. The number of hydrogen-bond acceptors (Lipinski definition) is 4. The number of nitrogens with one attached hydrogen (secondary N) is 2. The van der Waals surface area contributed by atoms with E-state index in [1.54, 1.807) is 41.3 Å². The molecule has 4 aromatic rings. The van der Waals surface area contributed by atoms with Crippen LogP contribution in [-0.2, 0) is 9.59 Å². The average molecular weight is 454 g/mol. The summed E-state index contributed by atoms with van der Waals surface area (Å²) in [5.41, 5.74) is 4.49. The maximum atomic E-state index is 12.4. The van der Waals surface area contributed by atoms with Crippen LogP contribution in [0.15, 0.2) is 79.1 Å². The van der Waals surface area contributed by atoms with Crippen molar-refractivity contribution in [2.45, 2.75) is 12.8 Å². The minimum Gasteiger partial charge on any atom is -0.343 e. The van der Waals surface area contributed by atoms with Crippen LogP contribution in [0.2, 0.25) is 0 Å². The van der Waals surface area contributed by atoms with E-state index in [-0.39, 0.29) is 24.3 Å². The van der Waals surface area contributed by atoms with Crippen LogP contribution < -0.4 is 15.5 Å². The van der Waals surface area contributed by atoms with Crippen molar-refractivity contribution in [1.29, 1.82) is 0 Å². The lowest BCUT2D eigenvalue weighted by Gasteiger charge is -2.15. The third kappa shape index (κ3) is 4.52. The molecule has 5 rings (SSSR count). The summed E-state index contributed by atoms with van der Waals surface area (Å²) in [5, 5.41) is 5.41. The van der Waals surface area contributed by atoms with Crippen molar-refractivity contribution in [1.82, 2.24) is 14.7 Å². The lowest BCUT2D eigenvalue weighted by atomic mass is 10.1. The minimum absolute atomic E-state index is 0.0975. The topological polar surface area (TPSA) is 95.8 Å². The molecule has 1 aliphatic heterocycles. The van der Waals surface area contributed by atoms with Gasteiger partial charge in [-0.1, -0.05) is 18.2 Å². The summed E-state index contributed by atoms with van der Waals surface area (Å²) in [6.07, 6.45) is 5.30. The van der Waals surface area contributed by atoms with Crippen molar-refractivity contribution in [3.05, 3.63) is 84.7 Å². The first-order chi connectivity index (χ1) is 16.6. The Morgan fingerprint density at radius 3 is 2.47 bits per heavy atom. The molecular formula is C26H23N5O3. The third-order valence-electron chi connectivity index (χ3n) is 5.75. The normalized spacial score (nSPS) is 13.3. The molecule has 0 bridgehead atoms. The van der Waals surface area contributed by atoms with Gasteiger partial charge in [-0.3, -0.25) is 14.4 Å². The molecule has 8 heteroatoms. The SMILES string of the molecule is O=C(CNC(=O)c1ccc(N2CCCC2=O)cc1)Nc1ccc(-c2cn3ccccc3n2)cc1. The molecule has 3 amide bonds. The van der Waals surface area contributed by atoms with Crippen molar-refractivity contribution < 1.29 is 14.4 Å². The van der Waals surface area contributed by atoms with E-state index < -0.39 is 0 Å². The molecule has 1 fully saturated rings. The number of imidazole rings is 1. The number of nitrogens with zero attached hydrogens (tertiary/aromatic N) is 3. The van der Waals surface area contributed by atoms with Crippen LogP contribution in [0, 0.1) is 0 Å². The molecule has 0 aliphatic carbocycles. The van der Waals surface area contributed by atoms with Gasteiger partial charge in [-0.25, -0.2) is 4.98 Å². The van der Waals surface area contributed by atoms with Crippen molar-refractivity contribution >= 4 is 34.7 Å². The van der Waals surface area contributed by atoms with Gasteiger partial charge in [0, 0.05) is 47.9 Å². The molecule has 2 aromatic heterocycles. The number of pyridine rings is 1. The summed E-state index contributed by atoms with van der Waals surface area (Å²) in [6, 6.07) is 20.0. The van der Waals surface area contributed by atoms with Gasteiger partial charge in [-0.2, -0.15) is 0 Å². The molecule has 0 radical (unpaired) electrons. The second-order valence-electron chi connectivity index (χ2n) is 8.10. The molecule has 0 atom stereocenters. The molecule has 3 heterocycles. The van der Waals surface area contributed by atoms with Crippen LogP contribution in [0.3, 0.4) is 0 Å². The van der Waals surface area contributed by atoms with Gasteiger partial charge in [0.25, 0.3) is 5.91 Å². The van der Waals surface area contributed by atoms with E-state index in [9.17, 15) is 14.4 Å². The highest BCUT2D eigenvalue weighted by Gasteiger charge is 2.21. The third-order valence-corrected chi connectivity index (χ3v) is 5.75. The summed E-state index contributed by atoms with van der Waals surface area (Å²) >= 11 is 0. The molecule has 2 aromatic carbocycles. The lowest BCUT2D eigenvalue weighted by Crippen LogP contribution is -2.32. The Morgan fingerprint density at radius 2 is 1.76 bits per heavy atom. The molecule has 0 unspecified atom stereocenters. The second-order valence-corrected chi connectivity index (χ2v) is 8.10. The van der Waals surface area contributed by atoms with Crippen LogP contribution >= 0.6 is 0 Å². The summed E-state index contributed by atoms with van der Waals surface area (Å²) < 4.78 is 1.95. The van der Waals surface area contributed by atoms with Crippen molar-refractivity contribution in [2.24, 2.45) is 0 Å². The van der Waals surface area contributed by atoms with Gasteiger partial charge < -0.3 is 19.9 Å². The fourth-order valence-corrected chi connectivity index (χ4v) is 3.98. The first-order valence-corrected chi connectivity index (χ1v) is 11.1. The second kappa shape index (κ2) is 9.19. The van der Waals surface area contributed by atoms with Crippen LogP contribution in [0.4, 0.5) is 11.4 Å². The number of carbonyl (C=O) groups is 3. The molecule has 0 spiro atoms. The van der Waals surface area contributed by atoms with Gasteiger partial charge >= 0.3 is 0 Å². The Hall–Kier alpha value is -4.46. The molecule has 8 nitrogen and oxygen atoms in total. The van der Waals surface area contributed by atoms with Gasteiger partial charge in [0.15, 0.2) is 0 Å². The van der Waals surface area contributed by atoms with Gasteiger partial charge in [0.1, 0.15) is 5.65 Å². The van der Waals surface area contributed by atoms with Crippen LogP contribution in [0.5, 0.6) is 0 Å². The predicted octanol–water partition coefficient (Wildman–Crippen LogP) is 3.50. The van der Waals surface area contributed by atoms with E-state index in [1.807, 2.05) is 47.1 Å². The highest BCUT2D eigenvalue weighted by atomic mass is 16.2. The number of aromatic nitrogens is 2. The van der Waals surface area contributed by atoms with E-state index in [1.165, 1.54) is 0 Å². The van der Waals surface area contributed by atoms with E-state index in [0.717, 1.165) is 29.0 Å². The Kier molecular flexibility index (Phi) is 5.78. The Balaban J connectivity index is 1.14. The first kappa shape index (κ1) is 21.4. The number of amides is 3. The van der Waals surface area contributed by atoms with Gasteiger partial charge in [-0.15, -0.1) is 0 Å². The summed E-state index contributed by atoms with van der Waals surface area (Å²) in [7, 11) is 0. The summed E-state index contributed by atoms with van der Waals surface area (Å²) in [6.45, 7) is 0.546. The highest BCUT2D eigenvalue weighted by Crippen LogP contribution is 2.22. The number of hydrogen-bond donors (Lipinski definition) is 2. The highest BCUT2D eigenvalue weighted by molar-refractivity contribution is 6.00. The van der Waals surface area contributed by atoms with Crippen LogP contribution in [0.1, 0.15) is 23.2 Å². The molecule has 1 saturated heterocycles. The molecule has 0 saturated carbocycles. The Morgan fingerprint density at radius 1 is 0.971 bits per heavy atom. The summed E-state index contributed by atoms with van der Waals surface area (Å²) in [5.74, 6) is -0.579. The van der Waals surface area contributed by atoms with Gasteiger partial charge in [-0.05, 0) is 55.0 Å². The monoisotopic (exact) mass is 453 g/mol. The fourth-order valence-electron chi connectivity index (χ4n) is 3.98. The number of fused-ring (bicyclic) bond motifs is 1. The molecule has 170 valence electrons. The number of carbonyl (C=O) groups excluding carboxylic acids is 3. The Labute approximate surface area is 196 Å². The van der Waals surface area contributed by atoms with Gasteiger partial charge in [0.05, 0.1) is 12.2 Å². The van der Waals surface area contributed by atoms with Crippen molar-refractivity contribution in [2.75, 3.05) is 23.3 Å². The first-order valence-electron chi connectivity index (χ1n) is 11.1. The van der Waals surface area contributed by atoms with E-state index in [4.69, 9.17) is 0 Å². The maximum absolute atomic E-state index is 12.4. The minimum atomic E-state index is -0.350. The largest absolute Gasteiger partial charge is 0.343 e. The smallest absolute Gasteiger partial charge is 0.251 e. The number of anilines is 2. The van der Waals surface area contributed by atoms with E-state index in [0.29, 0.717) is 24.2 Å². The number of benzene rings is 2. The zero-order valence-electron chi connectivity index (χ0n) is 18.4. The molecule has 2 N–H and O–H groups in total. The molecular weight excluding hydrogens is 430 g/mol. The van der Waals surface area contributed by atoms with Crippen LogP contribution in [0.25, 0.3) is 16.9 Å². The standard InChI is InChI=1S/C26H23N5O3/c32-24(16-27-26(34)19-8-12-21(13-9-19)31-15-3-5-25(31)33)28-20-10-6-18(7-11-20)22-17-30-14-2-1-4-23(30)29-22/h1-2,4,6-14,17H,3,5,15-16H2,(H,27,34)(H,28,32). The number of rotatable bonds is 6. The lowest BCUT2D eigenvalue weighted by molar-refractivity contribution is -0.117. The zero-order chi connectivity index (χ0) is 23.5. The van der Waals surface area contributed by atoms with Crippen LogP contribution in [-0.4, -0.2) is 40.2 Å². The summed E-state index contributed by atoms with van der Waals surface area (Å²) in [4.78, 5) is 42.8. The zero-order valence-corrected chi connectivity index (χ0v) is 18.4. The molecule has 34 heavy (non-hydrogen) atoms. The average Bonchev–Trinajstić information content (AvgIpc) is 3.49. The fraction of sp³-hybridized carbons (Fsp3) is 0.154. The van der Waals surface area contributed by atoms with Crippen molar-refractivity contribution in [3.8, 4) is 11.3 Å². The quantitative estimate of drug-likeness (QED) is 0.467. The van der Waals surface area contributed by atoms with Crippen molar-refractivity contribution in [3.63, 3.8) is 0 Å².